The van der Waals surface area contributed by atoms with E-state index < -0.39 is 0 Å². The number of carbonyl (C=O) groups excluding carboxylic acids is 3. The molecule has 0 unspecified atom stereocenters. The Morgan fingerprint density at radius 3 is 2.50 bits per heavy atom. The monoisotopic (exact) mass is 356 g/mol. The van der Waals surface area contributed by atoms with Gasteiger partial charge in [-0.05, 0) is 43.4 Å². The van der Waals surface area contributed by atoms with E-state index in [-0.39, 0.29) is 17.7 Å². The second kappa shape index (κ2) is 8.02. The average Bonchev–Trinajstić information content (AvgIpc) is 2.90. The lowest BCUT2D eigenvalue weighted by Crippen LogP contribution is -2.32. The summed E-state index contributed by atoms with van der Waals surface area (Å²) >= 11 is 0. The third-order valence-corrected chi connectivity index (χ3v) is 5.56. The highest BCUT2D eigenvalue weighted by molar-refractivity contribution is 6.22. The molecular weight excluding hydrogens is 328 g/mol. The van der Waals surface area contributed by atoms with Gasteiger partial charge >= 0.3 is 0 Å². The Morgan fingerprint density at radius 2 is 1.81 bits per heavy atom. The smallest absolute Gasteiger partial charge is 0.261 e. The van der Waals surface area contributed by atoms with Gasteiger partial charge in [0.15, 0.2) is 0 Å². The lowest BCUT2D eigenvalue weighted by Gasteiger charge is -2.27. The number of rotatable bonds is 6. The van der Waals surface area contributed by atoms with Crippen LogP contribution in [0.2, 0.25) is 0 Å². The topological polar surface area (TPSA) is 57.7 Å². The molecule has 5 nitrogen and oxygen atoms in total. The van der Waals surface area contributed by atoms with Crippen molar-refractivity contribution in [1.82, 2.24) is 9.80 Å². The first-order valence-electron chi connectivity index (χ1n) is 9.78. The molecule has 1 aromatic rings. The summed E-state index contributed by atoms with van der Waals surface area (Å²) in [7, 11) is 1.82. The minimum Gasteiger partial charge on any atom is -0.341 e. The molecule has 1 saturated carbocycles. The van der Waals surface area contributed by atoms with Crippen molar-refractivity contribution < 1.29 is 14.4 Å². The molecule has 1 aliphatic carbocycles. The highest BCUT2D eigenvalue weighted by Crippen LogP contribution is 2.27. The van der Waals surface area contributed by atoms with Crippen LogP contribution in [0.5, 0.6) is 0 Å². The van der Waals surface area contributed by atoms with Gasteiger partial charge < -0.3 is 4.90 Å². The van der Waals surface area contributed by atoms with Crippen LogP contribution in [-0.2, 0) is 0 Å². The first-order valence-corrected chi connectivity index (χ1v) is 9.78. The molecule has 0 spiro atoms. The van der Waals surface area contributed by atoms with Gasteiger partial charge in [-0.25, -0.2) is 0 Å². The highest BCUT2D eigenvalue weighted by Gasteiger charge is 2.35. The van der Waals surface area contributed by atoms with Crippen LogP contribution in [0.25, 0.3) is 0 Å². The number of carbonyl (C=O) groups is 3. The molecule has 0 radical (unpaired) electrons. The molecule has 1 aromatic carbocycles. The lowest BCUT2D eigenvalue weighted by molar-refractivity contribution is 0.0652. The van der Waals surface area contributed by atoms with Crippen LogP contribution in [0.15, 0.2) is 18.2 Å². The van der Waals surface area contributed by atoms with Crippen LogP contribution in [0, 0.1) is 5.92 Å². The fourth-order valence-corrected chi connectivity index (χ4v) is 4.00. The zero-order valence-electron chi connectivity index (χ0n) is 15.8. The normalized spacial score (nSPS) is 17.5. The second-order valence-corrected chi connectivity index (χ2v) is 7.57. The fourth-order valence-electron chi connectivity index (χ4n) is 4.00. The molecule has 2 aliphatic rings. The van der Waals surface area contributed by atoms with E-state index in [2.05, 4.69) is 0 Å². The van der Waals surface area contributed by atoms with E-state index in [4.69, 9.17) is 0 Å². The van der Waals surface area contributed by atoms with Gasteiger partial charge in [0, 0.05) is 25.7 Å². The van der Waals surface area contributed by atoms with Crippen molar-refractivity contribution >= 4 is 17.7 Å². The molecule has 0 bridgehead atoms. The Kier molecular flexibility index (Phi) is 5.74. The van der Waals surface area contributed by atoms with Crippen molar-refractivity contribution in [2.24, 2.45) is 5.92 Å². The summed E-state index contributed by atoms with van der Waals surface area (Å²) < 4.78 is 0. The van der Waals surface area contributed by atoms with Crippen LogP contribution < -0.4 is 0 Å². The zero-order chi connectivity index (χ0) is 18.7. The SMILES string of the molecule is CCCCN1C(=O)c2ccc(C(=O)N(C)CC3CCCCC3)cc2C1=O. The van der Waals surface area contributed by atoms with E-state index >= 15 is 0 Å². The Morgan fingerprint density at radius 1 is 1.12 bits per heavy atom. The summed E-state index contributed by atoms with van der Waals surface area (Å²) in [5.41, 5.74) is 1.26. The summed E-state index contributed by atoms with van der Waals surface area (Å²) in [5.74, 6) is -0.0263. The zero-order valence-corrected chi connectivity index (χ0v) is 15.8. The van der Waals surface area contributed by atoms with Crippen LogP contribution >= 0.6 is 0 Å². The minimum atomic E-state index is -0.275. The number of hydrogen-bond donors (Lipinski definition) is 0. The number of benzene rings is 1. The second-order valence-electron chi connectivity index (χ2n) is 7.57. The molecule has 1 fully saturated rings. The van der Waals surface area contributed by atoms with Crippen LogP contribution in [0.4, 0.5) is 0 Å². The third-order valence-electron chi connectivity index (χ3n) is 5.56. The first-order chi connectivity index (χ1) is 12.5. The fraction of sp³-hybridized carbons (Fsp3) is 0.571. The minimum absolute atomic E-state index is 0.0781. The van der Waals surface area contributed by atoms with E-state index in [9.17, 15) is 14.4 Å². The van der Waals surface area contributed by atoms with Gasteiger partial charge in [0.05, 0.1) is 11.1 Å². The van der Waals surface area contributed by atoms with E-state index in [1.165, 1.54) is 37.0 Å². The molecule has 0 atom stereocenters. The summed E-state index contributed by atoms with van der Waals surface area (Å²) in [6.07, 6.45) is 7.86. The van der Waals surface area contributed by atoms with E-state index in [0.717, 1.165) is 19.4 Å². The van der Waals surface area contributed by atoms with E-state index in [1.807, 2.05) is 14.0 Å². The van der Waals surface area contributed by atoms with E-state index in [1.54, 1.807) is 23.1 Å². The molecule has 140 valence electrons. The van der Waals surface area contributed by atoms with Crippen LogP contribution in [0.1, 0.15) is 82.9 Å². The molecule has 3 rings (SSSR count). The van der Waals surface area contributed by atoms with E-state index in [0.29, 0.717) is 29.2 Å². The van der Waals surface area contributed by atoms with Crippen LogP contribution in [-0.4, -0.2) is 47.7 Å². The first kappa shape index (κ1) is 18.6. The quantitative estimate of drug-likeness (QED) is 0.730. The molecule has 1 heterocycles. The van der Waals surface area contributed by atoms with Crippen molar-refractivity contribution in [1.29, 1.82) is 0 Å². The predicted octanol–water partition coefficient (Wildman–Crippen LogP) is 3.74. The maximum atomic E-state index is 12.8. The average molecular weight is 356 g/mol. The van der Waals surface area contributed by atoms with Crippen molar-refractivity contribution in [2.45, 2.75) is 51.9 Å². The van der Waals surface area contributed by atoms with Crippen molar-refractivity contribution in [3.05, 3.63) is 34.9 Å². The Balaban J connectivity index is 1.73. The third kappa shape index (κ3) is 3.67. The number of imide groups is 1. The molecule has 1 aliphatic heterocycles. The summed E-state index contributed by atoms with van der Waals surface area (Å²) in [5, 5.41) is 0. The summed E-state index contributed by atoms with van der Waals surface area (Å²) in [6.45, 7) is 3.22. The summed E-state index contributed by atoms with van der Waals surface area (Å²) in [4.78, 5) is 40.8. The maximum Gasteiger partial charge on any atom is 0.261 e. The van der Waals surface area contributed by atoms with Crippen molar-refractivity contribution in [3.8, 4) is 0 Å². The van der Waals surface area contributed by atoms with Gasteiger partial charge in [-0.3, -0.25) is 19.3 Å². The molecular formula is C21H28N2O3. The van der Waals surface area contributed by atoms with Gasteiger partial charge in [-0.2, -0.15) is 0 Å². The van der Waals surface area contributed by atoms with Gasteiger partial charge in [-0.1, -0.05) is 32.6 Å². The van der Waals surface area contributed by atoms with Gasteiger partial charge in [0.25, 0.3) is 17.7 Å². The Bertz CT molecular complexity index is 707. The molecule has 26 heavy (non-hydrogen) atoms. The summed E-state index contributed by atoms with van der Waals surface area (Å²) in [6, 6.07) is 4.90. The molecule has 0 N–H and O–H groups in total. The molecule has 5 heteroatoms. The highest BCUT2D eigenvalue weighted by atomic mass is 16.2. The number of amides is 3. The van der Waals surface area contributed by atoms with Crippen molar-refractivity contribution in [3.63, 3.8) is 0 Å². The number of nitrogens with zero attached hydrogens (tertiary/aromatic N) is 2. The van der Waals surface area contributed by atoms with Crippen molar-refractivity contribution in [2.75, 3.05) is 20.1 Å². The number of fused-ring (bicyclic) bond motifs is 1. The van der Waals surface area contributed by atoms with Gasteiger partial charge in [-0.15, -0.1) is 0 Å². The van der Waals surface area contributed by atoms with Gasteiger partial charge in [0.1, 0.15) is 0 Å². The largest absolute Gasteiger partial charge is 0.341 e. The Labute approximate surface area is 155 Å². The molecule has 0 saturated heterocycles. The molecule has 0 aromatic heterocycles. The lowest BCUT2D eigenvalue weighted by atomic mass is 9.89. The Hall–Kier alpha value is -2.17. The van der Waals surface area contributed by atoms with Crippen LogP contribution in [0.3, 0.4) is 0 Å². The maximum absolute atomic E-state index is 12.8. The number of unbranched alkanes of at least 4 members (excludes halogenated alkanes) is 1. The number of hydrogen-bond acceptors (Lipinski definition) is 3. The molecule has 3 amide bonds. The standard InChI is InChI=1S/C21H28N2O3/c1-3-4-12-23-20(25)17-11-10-16(13-18(17)21(23)26)19(24)22(2)14-15-8-6-5-7-9-15/h10-11,13,15H,3-9,12,14H2,1-2H3. The van der Waals surface area contributed by atoms with Gasteiger partial charge in [0.2, 0.25) is 0 Å². The predicted molar refractivity (Wildman–Crippen MR) is 100 cm³/mol.